The molecule has 0 N–H and O–H groups in total. The highest BCUT2D eigenvalue weighted by Gasteiger charge is 2.70. The topological polar surface area (TPSA) is 25.2 Å². The second-order valence-corrected chi connectivity index (χ2v) is 7.07. The third-order valence-electron chi connectivity index (χ3n) is 3.15. The highest BCUT2D eigenvalue weighted by atomic mass is 79.9. The van der Waals surface area contributed by atoms with Gasteiger partial charge in [0.15, 0.2) is 4.33 Å². The van der Waals surface area contributed by atoms with Gasteiger partial charge in [0.1, 0.15) is 10.3 Å². The molecule has 1 aliphatic carbocycles. The zero-order valence-electron chi connectivity index (χ0n) is 8.05. The number of nitrogens with zero attached hydrogens (tertiary/aromatic N) is 2. The molecule has 0 radical (unpaired) electrons. The van der Waals surface area contributed by atoms with Crippen LogP contribution in [0.2, 0.25) is 0 Å². The van der Waals surface area contributed by atoms with Crippen molar-refractivity contribution >= 4 is 61.0 Å². The van der Waals surface area contributed by atoms with Crippen LogP contribution in [-0.4, -0.2) is 32.8 Å². The Balaban J connectivity index is 2.24. The zero-order chi connectivity index (χ0) is 11.8. The first kappa shape index (κ1) is 11.4. The maximum Gasteiger partial charge on any atom is 0.270 e. The fraction of sp³-hybridized carbons (Fsp3) is 0.444. The van der Waals surface area contributed by atoms with Crippen LogP contribution in [0.5, 0.6) is 0 Å². The molecule has 0 saturated heterocycles. The summed E-state index contributed by atoms with van der Waals surface area (Å²) in [5.41, 5.74) is 0.602. The first-order valence-electron chi connectivity index (χ1n) is 4.58. The molecule has 2 atom stereocenters. The van der Waals surface area contributed by atoms with Gasteiger partial charge in [-0.1, -0.05) is 23.2 Å². The van der Waals surface area contributed by atoms with Crippen molar-refractivity contribution in [3.05, 3.63) is 20.8 Å². The van der Waals surface area contributed by atoms with Gasteiger partial charge in [0, 0.05) is 7.05 Å². The van der Waals surface area contributed by atoms with Gasteiger partial charge in [0.25, 0.3) is 5.91 Å². The number of hydrogen-bond donors (Lipinski definition) is 0. The van der Waals surface area contributed by atoms with E-state index in [0.29, 0.717) is 5.69 Å². The number of amides is 1. The van der Waals surface area contributed by atoms with Gasteiger partial charge in [-0.2, -0.15) is 0 Å². The number of rotatable bonds is 0. The maximum absolute atomic E-state index is 12.1. The van der Waals surface area contributed by atoms with E-state index in [9.17, 15) is 4.79 Å². The first-order chi connectivity index (χ1) is 7.37. The number of fused-ring (bicyclic) bond motifs is 3. The van der Waals surface area contributed by atoms with E-state index in [2.05, 4.69) is 31.9 Å². The summed E-state index contributed by atoms with van der Waals surface area (Å²) < 4.78 is 2.61. The Kier molecular flexibility index (Phi) is 2.27. The molecular weight excluding hydrogens is 383 g/mol. The van der Waals surface area contributed by atoms with Crippen molar-refractivity contribution in [3.63, 3.8) is 0 Å². The molecule has 3 nitrogen and oxygen atoms in total. The summed E-state index contributed by atoms with van der Waals surface area (Å²) in [6.07, 6.45) is 0. The zero-order valence-corrected chi connectivity index (χ0v) is 12.7. The van der Waals surface area contributed by atoms with Gasteiger partial charge < -0.3 is 9.47 Å². The molecule has 0 bridgehead atoms. The number of halogens is 4. The highest BCUT2D eigenvalue weighted by molar-refractivity contribution is 9.13. The summed E-state index contributed by atoms with van der Waals surface area (Å²) in [5, 5.41) is 0. The van der Waals surface area contributed by atoms with Crippen molar-refractivity contribution in [1.29, 1.82) is 0 Å². The molecule has 1 aromatic heterocycles. The Morgan fingerprint density at radius 2 is 2.00 bits per heavy atom. The van der Waals surface area contributed by atoms with E-state index in [-0.39, 0.29) is 18.0 Å². The van der Waals surface area contributed by atoms with E-state index < -0.39 is 4.33 Å². The average molecular weight is 389 g/mol. The number of aromatic nitrogens is 1. The lowest BCUT2D eigenvalue weighted by atomic mass is 10.3. The molecule has 2 unspecified atom stereocenters. The Labute approximate surface area is 119 Å². The smallest absolute Gasteiger partial charge is 0.270 e. The molecule has 7 heteroatoms. The fourth-order valence-electron chi connectivity index (χ4n) is 2.29. The molecule has 2 aliphatic rings. The van der Waals surface area contributed by atoms with Gasteiger partial charge in [0.05, 0.1) is 16.6 Å². The van der Waals surface area contributed by atoms with Gasteiger partial charge >= 0.3 is 0 Å². The molecule has 16 heavy (non-hydrogen) atoms. The molecular formula is C9H6Br2Cl2N2O. The SMILES string of the molecule is CN1C(=O)c2cc(Br)c(Br)n2C2C1C2(Cl)Cl. The van der Waals surface area contributed by atoms with E-state index in [4.69, 9.17) is 23.2 Å². The van der Waals surface area contributed by atoms with Crippen molar-refractivity contribution in [2.24, 2.45) is 0 Å². The average Bonchev–Trinajstić information content (AvgIpc) is 2.64. The Hall–Kier alpha value is 0.290. The van der Waals surface area contributed by atoms with Crippen LogP contribution in [0.25, 0.3) is 0 Å². The molecule has 2 heterocycles. The summed E-state index contributed by atoms with van der Waals surface area (Å²) in [7, 11) is 1.73. The lowest BCUT2D eigenvalue weighted by Crippen LogP contribution is -2.36. The molecule has 1 saturated carbocycles. The molecule has 3 rings (SSSR count). The van der Waals surface area contributed by atoms with Crippen LogP contribution in [0.3, 0.4) is 0 Å². The van der Waals surface area contributed by atoms with Gasteiger partial charge in [0.2, 0.25) is 0 Å². The summed E-state index contributed by atoms with van der Waals surface area (Å²) >= 11 is 19.2. The van der Waals surface area contributed by atoms with Crippen molar-refractivity contribution in [1.82, 2.24) is 9.47 Å². The van der Waals surface area contributed by atoms with Crippen LogP contribution in [0.4, 0.5) is 0 Å². The van der Waals surface area contributed by atoms with Crippen molar-refractivity contribution < 1.29 is 4.79 Å². The Bertz CT molecular complexity index is 514. The van der Waals surface area contributed by atoms with Gasteiger partial charge in [-0.3, -0.25) is 4.79 Å². The molecule has 0 aromatic carbocycles. The lowest BCUT2D eigenvalue weighted by Gasteiger charge is -2.23. The van der Waals surface area contributed by atoms with Crippen molar-refractivity contribution in [2.75, 3.05) is 7.05 Å². The van der Waals surface area contributed by atoms with Crippen molar-refractivity contribution in [3.8, 4) is 0 Å². The standard InChI is InChI=1S/C9H6Br2Cl2N2O/c1-14-5-6(9(5,12)13)15-4(8(14)16)2-3(10)7(15)11/h2,5-6H,1H3. The molecule has 1 aliphatic heterocycles. The molecule has 1 amide bonds. The minimum atomic E-state index is -0.892. The van der Waals surface area contributed by atoms with Crippen LogP contribution >= 0.6 is 55.1 Å². The second kappa shape index (κ2) is 3.19. The predicted molar refractivity (Wildman–Crippen MR) is 69.2 cm³/mol. The summed E-state index contributed by atoms with van der Waals surface area (Å²) in [6, 6.07) is 1.56. The van der Waals surface area contributed by atoms with Gasteiger partial charge in [-0.25, -0.2) is 0 Å². The minimum Gasteiger partial charge on any atom is -0.332 e. The largest absolute Gasteiger partial charge is 0.332 e. The van der Waals surface area contributed by atoms with Crippen LogP contribution < -0.4 is 0 Å². The third-order valence-corrected chi connectivity index (χ3v) is 5.99. The monoisotopic (exact) mass is 386 g/mol. The number of alkyl halides is 2. The van der Waals surface area contributed by atoms with E-state index in [1.165, 1.54) is 0 Å². The maximum atomic E-state index is 12.1. The quantitative estimate of drug-likeness (QED) is 0.626. The Morgan fingerprint density at radius 3 is 2.62 bits per heavy atom. The number of carbonyl (C=O) groups is 1. The third kappa shape index (κ3) is 1.18. The van der Waals surface area contributed by atoms with Crippen LogP contribution in [0, 0.1) is 0 Å². The molecule has 86 valence electrons. The number of hydrogen-bond acceptors (Lipinski definition) is 1. The Morgan fingerprint density at radius 1 is 1.38 bits per heavy atom. The summed E-state index contributed by atoms with van der Waals surface area (Å²) in [5.74, 6) is -0.0594. The van der Waals surface area contributed by atoms with E-state index in [1.54, 1.807) is 18.0 Å². The van der Waals surface area contributed by atoms with E-state index in [0.717, 1.165) is 9.08 Å². The number of carbonyl (C=O) groups excluding carboxylic acids is 1. The second-order valence-electron chi connectivity index (χ2n) is 4.02. The predicted octanol–water partition coefficient (Wildman–Crippen LogP) is 3.20. The summed E-state index contributed by atoms with van der Waals surface area (Å²) in [6.45, 7) is 0. The summed E-state index contributed by atoms with van der Waals surface area (Å²) in [4.78, 5) is 13.7. The van der Waals surface area contributed by atoms with Gasteiger partial charge in [-0.15, -0.1) is 0 Å². The van der Waals surface area contributed by atoms with E-state index in [1.807, 2.05) is 4.57 Å². The lowest BCUT2D eigenvalue weighted by molar-refractivity contribution is 0.0742. The molecule has 1 aromatic rings. The normalized spacial score (nSPS) is 30.1. The van der Waals surface area contributed by atoms with Crippen LogP contribution in [-0.2, 0) is 0 Å². The van der Waals surface area contributed by atoms with Crippen LogP contribution in [0.1, 0.15) is 16.5 Å². The molecule has 1 fully saturated rings. The first-order valence-corrected chi connectivity index (χ1v) is 6.92. The van der Waals surface area contributed by atoms with Gasteiger partial charge in [-0.05, 0) is 37.9 Å². The number of likely N-dealkylation sites (N-methyl/N-ethyl adjacent to an activating group) is 1. The fourth-order valence-corrected chi connectivity index (χ4v) is 4.07. The van der Waals surface area contributed by atoms with E-state index >= 15 is 0 Å². The van der Waals surface area contributed by atoms with Crippen molar-refractivity contribution in [2.45, 2.75) is 16.4 Å². The molecule has 0 spiro atoms. The van der Waals surface area contributed by atoms with Crippen LogP contribution in [0.15, 0.2) is 15.1 Å². The minimum absolute atomic E-state index is 0.0594. The highest BCUT2D eigenvalue weighted by Crippen LogP contribution is 2.62.